The lowest BCUT2D eigenvalue weighted by Crippen LogP contribution is -2.47. The van der Waals surface area contributed by atoms with Crippen molar-refractivity contribution in [2.75, 3.05) is 38.2 Å². The van der Waals surface area contributed by atoms with Crippen molar-refractivity contribution in [1.82, 2.24) is 14.7 Å². The first-order valence-electron chi connectivity index (χ1n) is 10.9. The maximum atomic E-state index is 13.9. The van der Waals surface area contributed by atoms with E-state index in [1.165, 1.54) is 10.3 Å². The molecule has 1 fully saturated rings. The molecule has 0 saturated carbocycles. The van der Waals surface area contributed by atoms with E-state index in [-0.39, 0.29) is 11.5 Å². The highest BCUT2D eigenvalue weighted by atomic mass is 19.3. The minimum absolute atomic E-state index is 0.0606. The molecule has 4 heterocycles. The van der Waals surface area contributed by atoms with Gasteiger partial charge in [-0.05, 0) is 43.7 Å². The monoisotopic (exact) mass is 408 g/mol. The number of halogens is 2. The lowest BCUT2D eigenvalue weighted by Gasteiger charge is -2.41. The summed E-state index contributed by atoms with van der Waals surface area (Å²) in [5.41, 5.74) is 2.05. The number of anilines is 1. The number of hydrogen-bond acceptors (Lipinski definition) is 4. The topological polar surface area (TPSA) is 42.3 Å². The predicted molar refractivity (Wildman–Crippen MR) is 111 cm³/mol. The molecule has 0 amide bonds. The highest BCUT2D eigenvalue weighted by Crippen LogP contribution is 2.38. The molecule has 1 unspecified atom stereocenters. The summed E-state index contributed by atoms with van der Waals surface area (Å²) in [7, 11) is 0. The Balaban J connectivity index is 1.48. The molecule has 4 rings (SSSR count). The quantitative estimate of drug-likeness (QED) is 0.757. The lowest BCUT2D eigenvalue weighted by molar-refractivity contribution is 0.0555. The number of aromatic nitrogens is 2. The molecule has 1 N–H and O–H groups in total. The maximum absolute atomic E-state index is 13.9. The molecule has 0 bridgehead atoms. The summed E-state index contributed by atoms with van der Waals surface area (Å²) in [6.45, 7) is 10.7. The van der Waals surface area contributed by atoms with Crippen LogP contribution in [0.25, 0.3) is 0 Å². The van der Waals surface area contributed by atoms with Gasteiger partial charge < -0.3 is 10.1 Å². The van der Waals surface area contributed by atoms with Crippen LogP contribution in [0.3, 0.4) is 0 Å². The van der Waals surface area contributed by atoms with Gasteiger partial charge in [-0.25, -0.2) is 13.5 Å². The van der Waals surface area contributed by atoms with Gasteiger partial charge in [0.1, 0.15) is 11.9 Å². The van der Waals surface area contributed by atoms with Gasteiger partial charge in [-0.1, -0.05) is 26.8 Å². The van der Waals surface area contributed by atoms with Crippen LogP contribution in [0.2, 0.25) is 0 Å². The summed E-state index contributed by atoms with van der Waals surface area (Å²) in [6, 6.07) is 1.18. The van der Waals surface area contributed by atoms with E-state index >= 15 is 0 Å². The van der Waals surface area contributed by atoms with Crippen molar-refractivity contribution in [3.63, 3.8) is 0 Å². The van der Waals surface area contributed by atoms with Gasteiger partial charge in [0.2, 0.25) is 0 Å². The molecule has 1 aromatic rings. The van der Waals surface area contributed by atoms with Crippen LogP contribution in [-0.2, 0) is 10.2 Å². The molecule has 0 radical (unpaired) electrons. The van der Waals surface area contributed by atoms with Crippen molar-refractivity contribution in [3.05, 3.63) is 23.4 Å². The molecular weight excluding hydrogens is 374 g/mol. The zero-order valence-electron chi connectivity index (χ0n) is 17.8. The molecule has 5 nitrogen and oxygen atoms in total. The zero-order valence-corrected chi connectivity index (χ0v) is 17.8. The maximum Gasteiger partial charge on any atom is 0.260 e. The molecule has 3 aliphatic rings. The molecule has 1 aromatic heterocycles. The van der Waals surface area contributed by atoms with E-state index in [1.54, 1.807) is 0 Å². The standard InChI is InChI=1S/C22H34F2N4O/c1-22(2,3)19-11-20-25-17(10-18(21(23)24)28(20)26-19)16-7-4-8-27(13-16)12-15-6-5-9-29-14-15/h6,11,16-18,21,25H,4-5,7-10,12-14H2,1-3H3/t16?,17-,18+/m1/s1. The first-order chi connectivity index (χ1) is 13.8. The molecule has 7 heteroatoms. The number of nitrogens with zero attached hydrogens (tertiary/aromatic N) is 3. The Kier molecular flexibility index (Phi) is 5.98. The van der Waals surface area contributed by atoms with Crippen molar-refractivity contribution in [2.24, 2.45) is 5.92 Å². The van der Waals surface area contributed by atoms with Crippen LogP contribution in [0.1, 0.15) is 58.2 Å². The molecule has 0 aliphatic carbocycles. The van der Waals surface area contributed by atoms with Crippen LogP contribution < -0.4 is 5.32 Å². The van der Waals surface area contributed by atoms with Gasteiger partial charge in [0.15, 0.2) is 0 Å². The third kappa shape index (κ3) is 4.66. The van der Waals surface area contributed by atoms with E-state index in [0.717, 1.165) is 63.6 Å². The van der Waals surface area contributed by atoms with E-state index in [0.29, 0.717) is 12.3 Å². The van der Waals surface area contributed by atoms with E-state index < -0.39 is 12.5 Å². The summed E-state index contributed by atoms with van der Waals surface area (Å²) in [6.07, 6.45) is 3.51. The number of fused-ring (bicyclic) bond motifs is 1. The van der Waals surface area contributed by atoms with Gasteiger partial charge in [-0.3, -0.25) is 4.90 Å². The number of ether oxygens (including phenoxy) is 1. The first kappa shape index (κ1) is 20.8. The van der Waals surface area contributed by atoms with Gasteiger partial charge in [0.05, 0.1) is 18.9 Å². The second kappa shape index (κ2) is 8.34. The van der Waals surface area contributed by atoms with Gasteiger partial charge in [-0.15, -0.1) is 0 Å². The largest absolute Gasteiger partial charge is 0.377 e. The Morgan fingerprint density at radius 1 is 1.34 bits per heavy atom. The van der Waals surface area contributed by atoms with Crippen molar-refractivity contribution < 1.29 is 13.5 Å². The van der Waals surface area contributed by atoms with Crippen molar-refractivity contribution in [1.29, 1.82) is 0 Å². The summed E-state index contributed by atoms with van der Waals surface area (Å²) in [4.78, 5) is 2.47. The van der Waals surface area contributed by atoms with E-state index in [4.69, 9.17) is 4.74 Å². The zero-order chi connectivity index (χ0) is 20.6. The summed E-state index contributed by atoms with van der Waals surface area (Å²) >= 11 is 0. The summed E-state index contributed by atoms with van der Waals surface area (Å²) < 4.78 is 34.9. The minimum Gasteiger partial charge on any atom is -0.377 e. The molecule has 29 heavy (non-hydrogen) atoms. The fraction of sp³-hybridized carbons (Fsp3) is 0.773. The molecule has 1 saturated heterocycles. The number of hydrogen-bond donors (Lipinski definition) is 1. The molecule has 162 valence electrons. The Morgan fingerprint density at radius 3 is 2.86 bits per heavy atom. The van der Waals surface area contributed by atoms with Crippen molar-refractivity contribution >= 4 is 5.82 Å². The van der Waals surface area contributed by atoms with Crippen LogP contribution in [0.4, 0.5) is 14.6 Å². The fourth-order valence-electron chi connectivity index (χ4n) is 4.82. The Hall–Kier alpha value is -1.47. The molecule has 3 aliphatic heterocycles. The Labute approximate surface area is 172 Å². The van der Waals surface area contributed by atoms with Crippen LogP contribution >= 0.6 is 0 Å². The number of piperidine rings is 1. The van der Waals surface area contributed by atoms with E-state index in [2.05, 4.69) is 42.2 Å². The van der Waals surface area contributed by atoms with Gasteiger partial charge >= 0.3 is 0 Å². The summed E-state index contributed by atoms with van der Waals surface area (Å²) in [5.74, 6) is 1.12. The highest BCUT2D eigenvalue weighted by Gasteiger charge is 2.39. The Morgan fingerprint density at radius 2 is 2.17 bits per heavy atom. The molecule has 0 spiro atoms. The van der Waals surface area contributed by atoms with Gasteiger partial charge in [0.25, 0.3) is 6.43 Å². The van der Waals surface area contributed by atoms with Crippen molar-refractivity contribution in [3.8, 4) is 0 Å². The van der Waals surface area contributed by atoms with Crippen molar-refractivity contribution in [2.45, 2.75) is 70.4 Å². The minimum atomic E-state index is -2.41. The number of alkyl halides is 2. The number of rotatable bonds is 4. The third-order valence-electron chi connectivity index (χ3n) is 6.46. The van der Waals surface area contributed by atoms with E-state index in [9.17, 15) is 8.78 Å². The number of nitrogens with one attached hydrogen (secondary N) is 1. The average Bonchev–Trinajstić information content (AvgIpc) is 3.13. The predicted octanol–water partition coefficient (Wildman–Crippen LogP) is 4.23. The number of likely N-dealkylation sites (tertiary alicyclic amines) is 1. The second-order valence-corrected chi connectivity index (χ2v) is 9.84. The van der Waals surface area contributed by atoms with Crippen LogP contribution in [0.5, 0.6) is 0 Å². The smallest absolute Gasteiger partial charge is 0.260 e. The van der Waals surface area contributed by atoms with Gasteiger partial charge in [0, 0.05) is 30.6 Å². The van der Waals surface area contributed by atoms with Crippen LogP contribution in [0.15, 0.2) is 17.7 Å². The highest BCUT2D eigenvalue weighted by molar-refractivity contribution is 5.43. The van der Waals surface area contributed by atoms with E-state index in [1.807, 2.05) is 6.07 Å². The van der Waals surface area contributed by atoms with Gasteiger partial charge in [-0.2, -0.15) is 5.10 Å². The normalized spacial score (nSPS) is 28.8. The molecule has 3 atom stereocenters. The SMILES string of the molecule is CC(C)(C)c1cc2n(n1)[C@H](C(F)F)C[C@H](C1CCCN(CC3=CCCOC3)C1)N2. The summed E-state index contributed by atoms with van der Waals surface area (Å²) in [5, 5.41) is 8.11. The Bertz CT molecular complexity index is 740. The second-order valence-electron chi connectivity index (χ2n) is 9.84. The average molecular weight is 409 g/mol. The van der Waals surface area contributed by atoms with Crippen LogP contribution in [-0.4, -0.2) is 60.0 Å². The van der Waals surface area contributed by atoms with Crippen LogP contribution in [0, 0.1) is 5.92 Å². The first-order valence-corrected chi connectivity index (χ1v) is 10.9. The lowest BCUT2D eigenvalue weighted by atomic mass is 9.85. The fourth-order valence-corrected chi connectivity index (χ4v) is 4.82. The molecule has 0 aromatic carbocycles. The molecular formula is C22H34F2N4O. The third-order valence-corrected chi connectivity index (χ3v) is 6.46.